The van der Waals surface area contributed by atoms with Crippen molar-refractivity contribution in [2.45, 2.75) is 51.4 Å². The average Bonchev–Trinajstić information content (AvgIpc) is 3.20. The molecule has 5 nitrogen and oxygen atoms in total. The van der Waals surface area contributed by atoms with E-state index in [-0.39, 0.29) is 5.91 Å². The Kier molecular flexibility index (Phi) is 3.93. The second-order valence-electron chi connectivity index (χ2n) is 6.54. The lowest BCUT2D eigenvalue weighted by molar-refractivity contribution is 0.0695. The van der Waals surface area contributed by atoms with Crippen LogP contribution < -0.4 is 0 Å². The number of carbonyl (C=O) groups excluding carboxylic acids is 1. The fourth-order valence-corrected chi connectivity index (χ4v) is 4.53. The maximum absolute atomic E-state index is 12.9. The first-order valence-electron chi connectivity index (χ1n) is 8.41. The number of piperidine rings is 1. The number of nitrogens with zero attached hydrogens (tertiary/aromatic N) is 3. The molecule has 1 aliphatic carbocycles. The van der Waals surface area contributed by atoms with E-state index in [0.29, 0.717) is 11.6 Å². The van der Waals surface area contributed by atoms with Crippen LogP contribution in [0.25, 0.3) is 0 Å². The Hall–Kier alpha value is -1.69. The molecule has 1 amide bonds. The molecule has 0 N–H and O–H groups in total. The van der Waals surface area contributed by atoms with Gasteiger partial charge >= 0.3 is 0 Å². The Balaban J connectivity index is 1.53. The number of hydrogen-bond donors (Lipinski definition) is 0. The second-order valence-corrected chi connectivity index (χ2v) is 7.81. The van der Waals surface area contributed by atoms with Gasteiger partial charge in [0.15, 0.2) is 5.69 Å². The zero-order chi connectivity index (χ0) is 15.8. The van der Waals surface area contributed by atoms with Crippen LogP contribution in [-0.2, 0) is 12.8 Å². The molecule has 23 heavy (non-hydrogen) atoms. The molecule has 4 rings (SSSR count). The van der Waals surface area contributed by atoms with Crippen LogP contribution >= 0.6 is 11.3 Å². The molecule has 2 aromatic heterocycles. The van der Waals surface area contributed by atoms with Crippen LogP contribution in [0.1, 0.15) is 63.3 Å². The molecule has 0 aromatic carbocycles. The summed E-state index contributed by atoms with van der Waals surface area (Å²) < 4.78 is 5.41. The maximum atomic E-state index is 12.9. The van der Waals surface area contributed by atoms with Gasteiger partial charge in [-0.25, -0.2) is 4.98 Å². The summed E-state index contributed by atoms with van der Waals surface area (Å²) in [7, 11) is 0. The summed E-state index contributed by atoms with van der Waals surface area (Å²) in [5, 5.41) is 5.25. The molecule has 122 valence electrons. The minimum absolute atomic E-state index is 0.0369. The summed E-state index contributed by atoms with van der Waals surface area (Å²) in [5.74, 6) is 1.31. The predicted molar refractivity (Wildman–Crippen MR) is 87.9 cm³/mol. The van der Waals surface area contributed by atoms with Gasteiger partial charge in [-0.1, -0.05) is 5.16 Å². The molecular formula is C17H21N3O2S. The highest BCUT2D eigenvalue weighted by atomic mass is 32.1. The van der Waals surface area contributed by atoms with E-state index in [1.165, 1.54) is 4.88 Å². The van der Waals surface area contributed by atoms with Gasteiger partial charge in [-0.05, 0) is 39.0 Å². The Morgan fingerprint density at radius 1 is 1.35 bits per heavy atom. The number of carbonyl (C=O) groups is 1. The summed E-state index contributed by atoms with van der Waals surface area (Å²) in [6, 6.07) is 0. The van der Waals surface area contributed by atoms with Crippen molar-refractivity contribution in [3.63, 3.8) is 0 Å². The van der Waals surface area contributed by atoms with E-state index < -0.39 is 0 Å². The van der Waals surface area contributed by atoms with E-state index in [0.717, 1.165) is 67.9 Å². The smallest absolute Gasteiger partial charge is 0.276 e. The lowest BCUT2D eigenvalue weighted by atomic mass is 9.95. The highest BCUT2D eigenvalue weighted by Gasteiger charge is 2.31. The third-order valence-corrected chi connectivity index (χ3v) is 5.93. The van der Waals surface area contributed by atoms with Gasteiger partial charge in [0.1, 0.15) is 5.76 Å². The minimum atomic E-state index is 0.0369. The van der Waals surface area contributed by atoms with Gasteiger partial charge < -0.3 is 9.42 Å². The summed E-state index contributed by atoms with van der Waals surface area (Å²) >= 11 is 1.75. The molecule has 1 saturated heterocycles. The molecule has 0 bridgehead atoms. The molecule has 3 heterocycles. The van der Waals surface area contributed by atoms with Gasteiger partial charge in [0.25, 0.3) is 5.91 Å². The third kappa shape index (κ3) is 2.80. The Labute approximate surface area is 139 Å². The highest BCUT2D eigenvalue weighted by molar-refractivity contribution is 7.11. The number of hydrogen-bond acceptors (Lipinski definition) is 5. The lowest BCUT2D eigenvalue weighted by Gasteiger charge is -2.31. The van der Waals surface area contributed by atoms with Crippen LogP contribution in [0.15, 0.2) is 10.7 Å². The maximum Gasteiger partial charge on any atom is 0.276 e. The number of likely N-dealkylation sites (tertiary alicyclic amines) is 1. The second kappa shape index (κ2) is 6.07. The molecule has 0 spiro atoms. The number of rotatable bonds is 2. The van der Waals surface area contributed by atoms with E-state index in [1.807, 2.05) is 11.1 Å². The normalized spacial score (nSPS) is 21.3. The lowest BCUT2D eigenvalue weighted by Crippen LogP contribution is -2.39. The molecule has 2 aliphatic rings. The highest BCUT2D eigenvalue weighted by Crippen LogP contribution is 2.31. The molecule has 0 radical (unpaired) electrons. The van der Waals surface area contributed by atoms with Gasteiger partial charge in [-0.3, -0.25) is 4.79 Å². The van der Waals surface area contributed by atoms with E-state index in [9.17, 15) is 4.79 Å². The zero-order valence-corrected chi connectivity index (χ0v) is 14.2. The van der Waals surface area contributed by atoms with E-state index in [2.05, 4.69) is 17.1 Å². The van der Waals surface area contributed by atoms with Gasteiger partial charge in [0.2, 0.25) is 0 Å². The van der Waals surface area contributed by atoms with Gasteiger partial charge in [-0.2, -0.15) is 0 Å². The summed E-state index contributed by atoms with van der Waals surface area (Å²) in [5.41, 5.74) is 1.60. The fraction of sp³-hybridized carbons (Fsp3) is 0.588. The van der Waals surface area contributed by atoms with Crippen LogP contribution in [0, 0.1) is 6.92 Å². The monoisotopic (exact) mass is 331 g/mol. The van der Waals surface area contributed by atoms with E-state index >= 15 is 0 Å². The van der Waals surface area contributed by atoms with Gasteiger partial charge in [0.05, 0.1) is 5.01 Å². The van der Waals surface area contributed by atoms with Crippen molar-refractivity contribution >= 4 is 17.2 Å². The number of amides is 1. The molecule has 1 aliphatic heterocycles. The molecule has 0 unspecified atom stereocenters. The van der Waals surface area contributed by atoms with Crippen molar-refractivity contribution in [2.75, 3.05) is 13.1 Å². The summed E-state index contributed by atoms with van der Waals surface area (Å²) in [4.78, 5) is 20.6. The first-order valence-corrected chi connectivity index (χ1v) is 9.23. The van der Waals surface area contributed by atoms with Crippen molar-refractivity contribution < 1.29 is 9.32 Å². The third-order valence-electron chi connectivity index (χ3n) is 4.85. The van der Waals surface area contributed by atoms with Crippen LogP contribution in [0.4, 0.5) is 0 Å². The molecule has 1 atom stereocenters. The van der Waals surface area contributed by atoms with E-state index in [4.69, 9.17) is 4.52 Å². The standard InChI is InChI=1S/C17H21N3O2S/c1-11-9-18-16(23-11)12-5-4-8-20(10-12)17(21)15-13-6-2-3-7-14(13)22-19-15/h9,12H,2-8,10H2,1H3/t12-/m0/s1. The summed E-state index contributed by atoms with van der Waals surface area (Å²) in [6.07, 6.45) is 8.14. The zero-order valence-electron chi connectivity index (χ0n) is 13.4. The first kappa shape index (κ1) is 14.9. The topological polar surface area (TPSA) is 59.2 Å². The largest absolute Gasteiger partial charge is 0.360 e. The first-order chi connectivity index (χ1) is 11.2. The van der Waals surface area contributed by atoms with Gasteiger partial charge in [-0.15, -0.1) is 11.3 Å². The molecule has 1 fully saturated rings. The summed E-state index contributed by atoms with van der Waals surface area (Å²) in [6.45, 7) is 3.63. The molecule has 0 saturated carbocycles. The number of fused-ring (bicyclic) bond motifs is 1. The van der Waals surface area contributed by atoms with Crippen molar-refractivity contribution in [2.24, 2.45) is 0 Å². The number of aryl methyl sites for hydroxylation is 2. The Bertz CT molecular complexity index is 721. The molecule has 6 heteroatoms. The quantitative estimate of drug-likeness (QED) is 0.847. The van der Waals surface area contributed by atoms with Gasteiger partial charge in [0, 0.05) is 42.1 Å². The van der Waals surface area contributed by atoms with Crippen molar-refractivity contribution in [3.8, 4) is 0 Å². The molecular weight excluding hydrogens is 310 g/mol. The predicted octanol–water partition coefficient (Wildman–Crippen LogP) is 3.34. The Morgan fingerprint density at radius 2 is 2.22 bits per heavy atom. The Morgan fingerprint density at radius 3 is 3.04 bits per heavy atom. The van der Waals surface area contributed by atoms with Crippen LogP contribution in [0.3, 0.4) is 0 Å². The van der Waals surface area contributed by atoms with Crippen molar-refractivity contribution in [1.82, 2.24) is 15.0 Å². The SMILES string of the molecule is Cc1cnc([C@H]2CCCN(C(=O)c3noc4c3CCCC4)C2)s1. The van der Waals surface area contributed by atoms with Crippen LogP contribution in [0.5, 0.6) is 0 Å². The number of aromatic nitrogens is 2. The van der Waals surface area contributed by atoms with E-state index in [1.54, 1.807) is 11.3 Å². The minimum Gasteiger partial charge on any atom is -0.360 e. The molecule has 2 aromatic rings. The average molecular weight is 331 g/mol. The number of thiazole rings is 1. The van der Waals surface area contributed by atoms with Crippen molar-refractivity contribution in [3.05, 3.63) is 33.1 Å². The van der Waals surface area contributed by atoms with Crippen LogP contribution in [0.2, 0.25) is 0 Å². The van der Waals surface area contributed by atoms with Crippen molar-refractivity contribution in [1.29, 1.82) is 0 Å². The fourth-order valence-electron chi connectivity index (χ4n) is 3.63. The van der Waals surface area contributed by atoms with Crippen LogP contribution in [-0.4, -0.2) is 34.0 Å².